The number of pyridine rings is 1. The van der Waals surface area contributed by atoms with Crippen LogP contribution in [0.5, 0.6) is 11.5 Å². The van der Waals surface area contributed by atoms with E-state index in [9.17, 15) is 27.6 Å². The van der Waals surface area contributed by atoms with E-state index in [0.29, 0.717) is 22.8 Å². The summed E-state index contributed by atoms with van der Waals surface area (Å²) in [5, 5.41) is 6.10. The van der Waals surface area contributed by atoms with Crippen molar-refractivity contribution in [2.75, 3.05) is 13.1 Å². The maximum absolute atomic E-state index is 13.3. The van der Waals surface area contributed by atoms with Crippen LogP contribution in [0.2, 0.25) is 0 Å². The third kappa shape index (κ3) is 7.30. The van der Waals surface area contributed by atoms with Crippen molar-refractivity contribution < 1.29 is 37.0 Å². The first-order chi connectivity index (χ1) is 20.7. The molecular weight excluding hydrogens is 567 g/mol. The van der Waals surface area contributed by atoms with Crippen LogP contribution in [0.3, 0.4) is 0 Å². The van der Waals surface area contributed by atoms with Crippen molar-refractivity contribution in [3.63, 3.8) is 0 Å². The molecule has 0 spiro atoms. The molecule has 224 valence electrons. The lowest BCUT2D eigenvalue weighted by Gasteiger charge is -2.24. The summed E-state index contributed by atoms with van der Waals surface area (Å²) in [5.74, 6) is -1.23. The first-order valence-electron chi connectivity index (χ1n) is 13.4. The van der Waals surface area contributed by atoms with Gasteiger partial charge in [0, 0.05) is 47.5 Å². The monoisotopic (exact) mass is 595 g/mol. The largest absolute Gasteiger partial charge is 0.457 e. The highest BCUT2D eigenvalue weighted by molar-refractivity contribution is 5.97. The molecule has 0 bridgehead atoms. The highest BCUT2D eigenvalue weighted by Crippen LogP contribution is 2.26. The van der Waals surface area contributed by atoms with Crippen molar-refractivity contribution in [2.24, 2.45) is 0 Å². The number of rotatable bonds is 10. The SMILES string of the molecule is Cc1cc(F)ccc1Oc1ccc(C(=O)NCC(=O)N2C[C@H](OC(F)F)CC2C(=O)NCc2cc3cnccc3[nH]2)cc1. The molecule has 1 fully saturated rings. The highest BCUT2D eigenvalue weighted by Gasteiger charge is 2.41. The number of nitrogens with one attached hydrogen (secondary N) is 3. The van der Waals surface area contributed by atoms with Gasteiger partial charge in [0.25, 0.3) is 5.91 Å². The number of aryl methyl sites for hydroxylation is 1. The summed E-state index contributed by atoms with van der Waals surface area (Å²) >= 11 is 0. The average molecular weight is 596 g/mol. The third-order valence-electron chi connectivity index (χ3n) is 6.99. The van der Waals surface area contributed by atoms with E-state index in [4.69, 9.17) is 4.74 Å². The van der Waals surface area contributed by atoms with Crippen molar-refractivity contribution in [3.8, 4) is 11.5 Å². The number of benzene rings is 2. The molecule has 1 aliphatic rings. The summed E-state index contributed by atoms with van der Waals surface area (Å²) < 4.78 is 49.5. The predicted molar refractivity (Wildman–Crippen MR) is 149 cm³/mol. The van der Waals surface area contributed by atoms with Crippen LogP contribution in [0.15, 0.2) is 67.0 Å². The van der Waals surface area contributed by atoms with Gasteiger partial charge in [-0.05, 0) is 67.1 Å². The number of hydrogen-bond acceptors (Lipinski definition) is 6. The lowest BCUT2D eigenvalue weighted by molar-refractivity contribution is -0.160. The van der Waals surface area contributed by atoms with Crippen LogP contribution in [-0.4, -0.2) is 64.4 Å². The Balaban J connectivity index is 1.18. The molecule has 4 aromatic rings. The number of likely N-dealkylation sites (tertiary alicyclic amines) is 1. The lowest BCUT2D eigenvalue weighted by Crippen LogP contribution is -2.49. The second-order valence-electron chi connectivity index (χ2n) is 10.0. The molecular formula is C30H28F3N5O5. The third-order valence-corrected chi connectivity index (χ3v) is 6.99. The molecule has 5 rings (SSSR count). The normalized spacial score (nSPS) is 16.4. The van der Waals surface area contributed by atoms with E-state index in [-0.39, 0.29) is 30.9 Å². The molecule has 10 nitrogen and oxygen atoms in total. The van der Waals surface area contributed by atoms with Gasteiger partial charge in [-0.15, -0.1) is 0 Å². The summed E-state index contributed by atoms with van der Waals surface area (Å²) in [6.45, 7) is -1.95. The number of fused-ring (bicyclic) bond motifs is 1. The Morgan fingerprint density at radius 2 is 1.88 bits per heavy atom. The summed E-state index contributed by atoms with van der Waals surface area (Å²) in [4.78, 5) is 47.2. The van der Waals surface area contributed by atoms with Crippen molar-refractivity contribution in [3.05, 3.63) is 89.6 Å². The van der Waals surface area contributed by atoms with E-state index in [1.165, 1.54) is 30.3 Å². The van der Waals surface area contributed by atoms with Gasteiger partial charge in [0.1, 0.15) is 23.4 Å². The molecule has 1 unspecified atom stereocenters. The first kappa shape index (κ1) is 29.6. The van der Waals surface area contributed by atoms with E-state index in [1.54, 1.807) is 37.5 Å². The number of aromatic amines is 1. The fourth-order valence-corrected chi connectivity index (χ4v) is 4.88. The van der Waals surface area contributed by atoms with Gasteiger partial charge in [-0.25, -0.2) is 4.39 Å². The molecule has 2 aromatic carbocycles. The van der Waals surface area contributed by atoms with Gasteiger partial charge in [0.05, 0.1) is 19.2 Å². The molecule has 2 aromatic heterocycles. The van der Waals surface area contributed by atoms with Crippen molar-refractivity contribution in [1.82, 2.24) is 25.5 Å². The topological polar surface area (TPSA) is 126 Å². The number of nitrogens with zero attached hydrogens (tertiary/aromatic N) is 2. The Hall–Kier alpha value is -4.91. The average Bonchev–Trinajstić information content (AvgIpc) is 3.60. The highest BCUT2D eigenvalue weighted by atomic mass is 19.3. The van der Waals surface area contributed by atoms with Crippen LogP contribution in [0.25, 0.3) is 10.9 Å². The van der Waals surface area contributed by atoms with Crippen molar-refractivity contribution in [2.45, 2.75) is 38.6 Å². The first-order valence-corrected chi connectivity index (χ1v) is 13.4. The standard InChI is InChI=1S/C30H28F3N5O5/c1-17-10-20(31)4-7-26(17)42-22-5-2-18(3-6-22)28(40)36-15-27(39)38-16-23(43-30(32)33)12-25(38)29(41)35-14-21-11-19-13-34-9-8-24(19)37-21/h2-11,13,23,25,30,37H,12,14-16H2,1H3,(H,35,41)(H,36,40)/t23-,25?/m1/s1. The molecule has 13 heteroatoms. The Bertz CT molecular complexity index is 1600. The van der Waals surface area contributed by atoms with Crippen LogP contribution in [0, 0.1) is 12.7 Å². The number of ether oxygens (including phenoxy) is 2. The number of aromatic nitrogens is 2. The van der Waals surface area contributed by atoms with Crippen LogP contribution in [0.4, 0.5) is 13.2 Å². The maximum Gasteiger partial charge on any atom is 0.345 e. The Morgan fingerprint density at radius 3 is 2.60 bits per heavy atom. The summed E-state index contributed by atoms with van der Waals surface area (Å²) in [7, 11) is 0. The van der Waals surface area contributed by atoms with Gasteiger partial charge in [-0.2, -0.15) is 8.78 Å². The molecule has 3 amide bonds. The zero-order valence-electron chi connectivity index (χ0n) is 23.0. The molecule has 3 heterocycles. The number of H-pyrrole nitrogens is 1. The Morgan fingerprint density at radius 1 is 1.09 bits per heavy atom. The smallest absolute Gasteiger partial charge is 0.345 e. The molecule has 0 aliphatic carbocycles. The predicted octanol–water partition coefficient (Wildman–Crippen LogP) is 4.06. The number of halogens is 3. The number of carbonyl (C=O) groups is 3. The van der Waals surface area contributed by atoms with Crippen molar-refractivity contribution in [1.29, 1.82) is 0 Å². The second kappa shape index (κ2) is 12.9. The van der Waals surface area contributed by atoms with Crippen LogP contribution in [0.1, 0.15) is 28.0 Å². The molecule has 3 N–H and O–H groups in total. The molecule has 0 saturated carbocycles. The molecule has 0 radical (unpaired) electrons. The van der Waals surface area contributed by atoms with E-state index < -0.39 is 43.0 Å². The molecule has 1 saturated heterocycles. The summed E-state index contributed by atoms with van der Waals surface area (Å²) in [5.41, 5.74) is 2.37. The van der Waals surface area contributed by atoms with E-state index in [2.05, 4.69) is 25.3 Å². The minimum Gasteiger partial charge on any atom is -0.457 e. The van der Waals surface area contributed by atoms with Gasteiger partial charge >= 0.3 is 6.61 Å². The molecule has 2 atom stereocenters. The van der Waals surface area contributed by atoms with Crippen LogP contribution < -0.4 is 15.4 Å². The minimum atomic E-state index is -3.07. The van der Waals surface area contributed by atoms with Gasteiger partial charge in [-0.3, -0.25) is 19.4 Å². The van der Waals surface area contributed by atoms with Gasteiger partial charge in [0.15, 0.2) is 0 Å². The van der Waals surface area contributed by atoms with Crippen molar-refractivity contribution >= 4 is 28.6 Å². The number of carbonyl (C=O) groups excluding carboxylic acids is 3. The fraction of sp³-hybridized carbons (Fsp3) is 0.267. The summed E-state index contributed by atoms with van der Waals surface area (Å²) in [6, 6.07) is 12.7. The fourth-order valence-electron chi connectivity index (χ4n) is 4.88. The molecule has 1 aliphatic heterocycles. The van der Waals surface area contributed by atoms with E-state index in [1.807, 2.05) is 6.07 Å². The molecule has 43 heavy (non-hydrogen) atoms. The quantitative estimate of drug-likeness (QED) is 0.254. The number of hydrogen-bond donors (Lipinski definition) is 3. The summed E-state index contributed by atoms with van der Waals surface area (Å²) in [6.07, 6.45) is 2.13. The van der Waals surface area contributed by atoms with Gasteiger partial charge in [0.2, 0.25) is 11.8 Å². The minimum absolute atomic E-state index is 0.115. The zero-order valence-corrected chi connectivity index (χ0v) is 23.0. The van der Waals surface area contributed by atoms with E-state index >= 15 is 0 Å². The van der Waals surface area contributed by atoms with Gasteiger partial charge < -0.3 is 30.0 Å². The zero-order chi connectivity index (χ0) is 30.5. The Labute approximate surface area is 244 Å². The van der Waals surface area contributed by atoms with Crippen LogP contribution >= 0.6 is 0 Å². The van der Waals surface area contributed by atoms with Gasteiger partial charge in [-0.1, -0.05) is 0 Å². The lowest BCUT2D eigenvalue weighted by atomic mass is 10.1. The number of amides is 3. The maximum atomic E-state index is 13.3. The van der Waals surface area contributed by atoms with Crippen LogP contribution in [-0.2, 0) is 20.9 Å². The second-order valence-corrected chi connectivity index (χ2v) is 10.0. The number of alkyl halides is 2. The Kier molecular flexibility index (Phi) is 8.90. The van der Waals surface area contributed by atoms with E-state index in [0.717, 1.165) is 15.8 Å².